The summed E-state index contributed by atoms with van der Waals surface area (Å²) in [5.41, 5.74) is 17.9. The molecule has 5 N–H and O–H groups in total. The van der Waals surface area contributed by atoms with E-state index >= 15 is 4.39 Å². The number of carbonyl (C=O) groups is 3. The van der Waals surface area contributed by atoms with Crippen LogP contribution in [0, 0.1) is 5.82 Å². The van der Waals surface area contributed by atoms with Crippen molar-refractivity contribution in [1.82, 2.24) is 24.6 Å². The summed E-state index contributed by atoms with van der Waals surface area (Å²) in [5.74, 6) is -1.68. The molecular formula is C43H49FN8O4. The zero-order chi connectivity index (χ0) is 39.3. The number of hydrogen-bond donors (Lipinski definition) is 3. The van der Waals surface area contributed by atoms with E-state index in [2.05, 4.69) is 15.3 Å². The van der Waals surface area contributed by atoms with Crippen molar-refractivity contribution >= 4 is 34.4 Å². The van der Waals surface area contributed by atoms with Crippen LogP contribution in [-0.2, 0) is 42.1 Å². The third-order valence-electron chi connectivity index (χ3n) is 10.9. The number of fused-ring (bicyclic) bond motifs is 1. The van der Waals surface area contributed by atoms with E-state index in [1.165, 1.54) is 12.1 Å². The number of nitrogens with one attached hydrogen (secondary N) is 1. The number of nitrogens with zero attached hydrogens (tertiary/aromatic N) is 5. The van der Waals surface area contributed by atoms with Crippen LogP contribution in [0.25, 0.3) is 22.2 Å². The molecule has 0 bridgehead atoms. The van der Waals surface area contributed by atoms with Crippen LogP contribution in [-0.4, -0.2) is 74.1 Å². The largest absolute Gasteiger partial charge is 0.381 e. The van der Waals surface area contributed by atoms with Crippen molar-refractivity contribution in [2.45, 2.75) is 84.2 Å². The second kappa shape index (κ2) is 17.0. The van der Waals surface area contributed by atoms with E-state index in [4.69, 9.17) is 21.2 Å². The van der Waals surface area contributed by atoms with Gasteiger partial charge >= 0.3 is 0 Å². The lowest BCUT2D eigenvalue weighted by Crippen LogP contribution is -2.39. The molecule has 7 rings (SSSR count). The Balaban J connectivity index is 1.27. The fourth-order valence-electron chi connectivity index (χ4n) is 7.98. The molecule has 292 valence electrons. The van der Waals surface area contributed by atoms with Crippen molar-refractivity contribution < 1.29 is 23.5 Å². The third-order valence-corrected chi connectivity index (χ3v) is 10.9. The van der Waals surface area contributed by atoms with Crippen LogP contribution >= 0.6 is 0 Å². The average Bonchev–Trinajstić information content (AvgIpc) is 3.86. The number of amides is 3. The summed E-state index contributed by atoms with van der Waals surface area (Å²) in [6, 6.07) is 18.8. The maximum atomic E-state index is 15.7. The summed E-state index contributed by atoms with van der Waals surface area (Å²) in [4.78, 5) is 47.7. The molecule has 2 aromatic heterocycles. The number of ether oxygens (including phenoxy) is 1. The number of pyridine rings is 1. The highest BCUT2D eigenvalue weighted by atomic mass is 19.1. The first kappa shape index (κ1) is 38.6. The maximum absolute atomic E-state index is 15.7. The van der Waals surface area contributed by atoms with Gasteiger partial charge in [0.2, 0.25) is 11.8 Å². The van der Waals surface area contributed by atoms with Crippen molar-refractivity contribution in [3.8, 4) is 11.1 Å². The van der Waals surface area contributed by atoms with E-state index in [0.717, 1.165) is 65.8 Å². The van der Waals surface area contributed by atoms with Crippen molar-refractivity contribution in [2.75, 3.05) is 25.1 Å². The van der Waals surface area contributed by atoms with Gasteiger partial charge in [-0.3, -0.25) is 19.3 Å². The van der Waals surface area contributed by atoms with Crippen LogP contribution in [0.1, 0.15) is 82.6 Å². The van der Waals surface area contributed by atoms with Crippen molar-refractivity contribution in [1.29, 1.82) is 0 Å². The molecule has 4 heterocycles. The molecule has 3 aromatic carbocycles. The lowest BCUT2D eigenvalue weighted by atomic mass is 9.99. The highest BCUT2D eigenvalue weighted by Gasteiger charge is 2.29. The molecule has 3 amide bonds. The highest BCUT2D eigenvalue weighted by molar-refractivity contribution is 5.99. The zero-order valence-electron chi connectivity index (χ0n) is 32.0. The molecule has 0 aliphatic carbocycles. The molecule has 5 aromatic rings. The predicted octanol–water partition coefficient (Wildman–Crippen LogP) is 5.80. The molecule has 2 saturated heterocycles. The van der Waals surface area contributed by atoms with Crippen LogP contribution in [0.3, 0.4) is 0 Å². The SMILES string of the molecule is CCc1nc2c(cnn2CC)c(NC2CCOCC2)c1CN(Cc1ccc(F)c(-c2cccc(CN3CCC[C@H]3C(N)=O)c2)c1)C(=O)c1cccc(C(N)=O)c1. The maximum Gasteiger partial charge on any atom is 0.254 e. The van der Waals surface area contributed by atoms with Crippen molar-refractivity contribution in [3.05, 3.63) is 112 Å². The second-order valence-electron chi connectivity index (χ2n) is 14.6. The Morgan fingerprint density at radius 3 is 2.48 bits per heavy atom. The van der Waals surface area contributed by atoms with Crippen LogP contribution in [0.5, 0.6) is 0 Å². The lowest BCUT2D eigenvalue weighted by molar-refractivity contribution is -0.122. The van der Waals surface area contributed by atoms with E-state index in [1.807, 2.05) is 49.0 Å². The third kappa shape index (κ3) is 8.29. The second-order valence-corrected chi connectivity index (χ2v) is 14.6. The van der Waals surface area contributed by atoms with Crippen molar-refractivity contribution in [2.24, 2.45) is 11.5 Å². The zero-order valence-corrected chi connectivity index (χ0v) is 32.0. The number of likely N-dealkylation sites (tertiary alicyclic amines) is 1. The van der Waals surface area contributed by atoms with E-state index < -0.39 is 11.7 Å². The number of rotatable bonds is 14. The fraction of sp³-hybridized carbons (Fsp3) is 0.372. The smallest absolute Gasteiger partial charge is 0.254 e. The summed E-state index contributed by atoms with van der Waals surface area (Å²) < 4.78 is 23.2. The molecule has 0 radical (unpaired) electrons. The van der Waals surface area contributed by atoms with Gasteiger partial charge in [0.25, 0.3) is 5.91 Å². The first-order valence-electron chi connectivity index (χ1n) is 19.4. The number of aryl methyl sites for hydroxylation is 2. The minimum Gasteiger partial charge on any atom is -0.381 e. The van der Waals surface area contributed by atoms with Gasteiger partial charge in [-0.25, -0.2) is 14.1 Å². The van der Waals surface area contributed by atoms with Gasteiger partial charge in [-0.2, -0.15) is 5.10 Å². The summed E-state index contributed by atoms with van der Waals surface area (Å²) >= 11 is 0. The fourth-order valence-corrected chi connectivity index (χ4v) is 7.98. The molecule has 0 unspecified atom stereocenters. The summed E-state index contributed by atoms with van der Waals surface area (Å²) in [7, 11) is 0. The summed E-state index contributed by atoms with van der Waals surface area (Å²) in [6.45, 7) is 7.62. The minimum absolute atomic E-state index is 0.132. The van der Waals surface area contributed by atoms with E-state index in [9.17, 15) is 14.4 Å². The van der Waals surface area contributed by atoms with Gasteiger partial charge in [0.15, 0.2) is 5.65 Å². The van der Waals surface area contributed by atoms with Crippen LogP contribution in [0.15, 0.2) is 72.9 Å². The number of aromatic nitrogens is 3. The standard InChI is InChI=1S/C43H49FN8O4/c1-3-37-35(39(48-32-15-18-56-19-16-32)34-23-47-52(4-2)42(34)49-37)26-51(43(55)31-11-6-10-30(22-31)40(45)53)25-28-13-14-36(44)33(21-28)29-9-5-8-27(20-29)24-50-17-7-12-38(50)41(46)54/h5-6,8-11,13-14,20-23,32,38H,3-4,7,12,15-19,24-26H2,1-2H3,(H2,45,53)(H2,46,54)(H,48,49)/t38-/m0/s1. The number of carbonyl (C=O) groups excluding carboxylic acids is 3. The quantitative estimate of drug-likeness (QED) is 0.128. The van der Waals surface area contributed by atoms with Crippen LogP contribution in [0.2, 0.25) is 0 Å². The first-order valence-corrected chi connectivity index (χ1v) is 19.4. The number of benzene rings is 3. The van der Waals surface area contributed by atoms with Crippen LogP contribution < -0.4 is 16.8 Å². The Bertz CT molecular complexity index is 2250. The van der Waals surface area contributed by atoms with Gasteiger partial charge in [-0.05, 0) is 98.7 Å². The van der Waals surface area contributed by atoms with Gasteiger partial charge in [0, 0.05) is 66.8 Å². The topological polar surface area (TPSA) is 162 Å². The van der Waals surface area contributed by atoms with Crippen molar-refractivity contribution in [3.63, 3.8) is 0 Å². The molecule has 56 heavy (non-hydrogen) atoms. The summed E-state index contributed by atoms with van der Waals surface area (Å²) in [6.07, 6.45) is 5.72. The molecule has 2 aliphatic rings. The molecule has 0 spiro atoms. The Hall–Kier alpha value is -5.66. The number of anilines is 1. The molecular weight excluding hydrogens is 712 g/mol. The monoisotopic (exact) mass is 760 g/mol. The number of primary amides is 2. The van der Waals surface area contributed by atoms with Gasteiger partial charge in [-0.1, -0.05) is 37.3 Å². The van der Waals surface area contributed by atoms with Gasteiger partial charge < -0.3 is 26.4 Å². The van der Waals surface area contributed by atoms with Gasteiger partial charge in [0.1, 0.15) is 5.82 Å². The van der Waals surface area contributed by atoms with E-state index in [0.29, 0.717) is 55.0 Å². The van der Waals surface area contributed by atoms with Gasteiger partial charge in [0.05, 0.1) is 29.9 Å². The Kier molecular flexibility index (Phi) is 11.7. The van der Waals surface area contributed by atoms with E-state index in [1.54, 1.807) is 35.2 Å². The molecule has 1 atom stereocenters. The normalized spacial score (nSPS) is 16.3. The number of hydrogen-bond acceptors (Lipinski definition) is 8. The Labute approximate surface area is 326 Å². The predicted molar refractivity (Wildman–Crippen MR) is 213 cm³/mol. The first-order chi connectivity index (χ1) is 27.1. The Morgan fingerprint density at radius 2 is 1.73 bits per heavy atom. The average molecular weight is 761 g/mol. The summed E-state index contributed by atoms with van der Waals surface area (Å²) in [5, 5.41) is 9.31. The number of nitrogens with two attached hydrogens (primary N) is 2. The molecule has 12 nitrogen and oxygen atoms in total. The minimum atomic E-state index is -0.634. The molecule has 0 saturated carbocycles. The van der Waals surface area contributed by atoms with Gasteiger partial charge in [-0.15, -0.1) is 0 Å². The Morgan fingerprint density at radius 1 is 0.946 bits per heavy atom. The van der Waals surface area contributed by atoms with E-state index in [-0.39, 0.29) is 42.6 Å². The molecule has 2 fully saturated rings. The number of halogens is 1. The highest BCUT2D eigenvalue weighted by Crippen LogP contribution is 2.34. The molecule has 13 heteroatoms. The molecule has 2 aliphatic heterocycles. The van der Waals surface area contributed by atoms with Crippen LogP contribution in [0.4, 0.5) is 10.1 Å². The lowest BCUT2D eigenvalue weighted by Gasteiger charge is -2.29.